The minimum absolute atomic E-state index is 0. The quantitative estimate of drug-likeness (QED) is 0.134. The van der Waals surface area contributed by atoms with Crippen molar-refractivity contribution in [3.63, 3.8) is 0 Å². The number of aliphatic hydroxyl groups is 1. The van der Waals surface area contributed by atoms with Gasteiger partial charge in [0.15, 0.2) is 5.78 Å². The number of fused-ring (bicyclic) bond motifs is 4. The van der Waals surface area contributed by atoms with Crippen molar-refractivity contribution in [2.75, 3.05) is 0 Å². The Morgan fingerprint density at radius 1 is 1.03 bits per heavy atom. The smallest absolute Gasteiger partial charge is 0.155 e. The summed E-state index contributed by atoms with van der Waals surface area (Å²) in [6.45, 7) is 12.4. The van der Waals surface area contributed by atoms with Gasteiger partial charge in [0.2, 0.25) is 0 Å². The van der Waals surface area contributed by atoms with Crippen LogP contribution in [0.2, 0.25) is 0 Å². The van der Waals surface area contributed by atoms with E-state index in [1.165, 1.54) is 64.1 Å². The van der Waals surface area contributed by atoms with Crippen LogP contribution in [0.25, 0.3) is 31.4 Å². The van der Waals surface area contributed by atoms with E-state index in [9.17, 15) is 4.79 Å². The van der Waals surface area contributed by atoms with Crippen molar-refractivity contribution in [2.24, 2.45) is 0 Å². The van der Waals surface area contributed by atoms with Crippen molar-refractivity contribution in [2.45, 2.75) is 65.2 Å². The summed E-state index contributed by atoms with van der Waals surface area (Å²) in [4.78, 5) is 14.7. The average molecular weight is 663 g/mol. The van der Waals surface area contributed by atoms with Crippen LogP contribution in [0, 0.1) is 6.07 Å². The summed E-state index contributed by atoms with van der Waals surface area (Å²) >= 11 is 1.87. The van der Waals surface area contributed by atoms with Gasteiger partial charge in [-0.3, -0.25) is 4.79 Å². The summed E-state index contributed by atoms with van der Waals surface area (Å²) in [5, 5.41) is 11.1. The van der Waals surface area contributed by atoms with Gasteiger partial charge in [-0.15, -0.1) is 47.2 Å². The first-order valence-electron chi connectivity index (χ1n) is 11.7. The maximum Gasteiger partial charge on any atom is 0.155 e. The van der Waals surface area contributed by atoms with Gasteiger partial charge in [0.05, 0.1) is 5.76 Å². The SMILES string of the molecule is CC(=O)/C=C(/C)O.CC1(C)CCC(C)(C)c2cc3c(cc21)sc1c(-c2[c-]cccc2)nccc13.[Ir]. The molecule has 35 heavy (non-hydrogen) atoms. The molecular formula is C30H32IrNO2S-. The predicted molar refractivity (Wildman–Crippen MR) is 144 cm³/mol. The van der Waals surface area contributed by atoms with Crippen LogP contribution in [0.4, 0.5) is 0 Å². The average Bonchev–Trinajstić information content (AvgIpc) is 3.14. The summed E-state index contributed by atoms with van der Waals surface area (Å²) in [6.07, 6.45) is 5.60. The molecular weight excluding hydrogens is 631 g/mol. The Kier molecular flexibility index (Phi) is 8.05. The third-order valence-electron chi connectivity index (χ3n) is 6.74. The minimum atomic E-state index is -0.125. The number of carbonyl (C=O) groups is 1. The summed E-state index contributed by atoms with van der Waals surface area (Å²) in [5.41, 5.74) is 5.64. The summed E-state index contributed by atoms with van der Waals surface area (Å²) in [7, 11) is 0. The van der Waals surface area contributed by atoms with E-state index in [1.807, 2.05) is 29.7 Å². The van der Waals surface area contributed by atoms with E-state index in [4.69, 9.17) is 10.1 Å². The van der Waals surface area contributed by atoms with Crippen LogP contribution in [-0.4, -0.2) is 15.9 Å². The van der Waals surface area contributed by atoms with Gasteiger partial charge in [-0.25, -0.2) is 0 Å². The van der Waals surface area contributed by atoms with Crippen LogP contribution < -0.4 is 0 Å². The van der Waals surface area contributed by atoms with E-state index < -0.39 is 0 Å². The molecule has 3 nitrogen and oxygen atoms in total. The van der Waals surface area contributed by atoms with Gasteiger partial charge in [-0.2, -0.15) is 0 Å². The Hall–Kier alpha value is -2.33. The van der Waals surface area contributed by atoms with Crippen LogP contribution in [-0.2, 0) is 35.7 Å². The van der Waals surface area contributed by atoms with Crippen LogP contribution >= 0.6 is 11.3 Å². The van der Waals surface area contributed by atoms with Crippen LogP contribution in [0.15, 0.2) is 60.5 Å². The van der Waals surface area contributed by atoms with Crippen LogP contribution in [0.1, 0.15) is 65.5 Å². The van der Waals surface area contributed by atoms with Crippen molar-refractivity contribution in [1.29, 1.82) is 0 Å². The van der Waals surface area contributed by atoms with Crippen LogP contribution in [0.3, 0.4) is 0 Å². The predicted octanol–water partition coefficient (Wildman–Crippen LogP) is 8.30. The van der Waals surface area contributed by atoms with Gasteiger partial charge in [0.1, 0.15) is 0 Å². The number of carbonyl (C=O) groups excluding carboxylic acids is 1. The second-order valence-electron chi connectivity index (χ2n) is 10.5. The molecule has 1 radical (unpaired) electrons. The van der Waals surface area contributed by atoms with Gasteiger partial charge < -0.3 is 10.1 Å². The monoisotopic (exact) mass is 663 g/mol. The Labute approximate surface area is 225 Å². The third-order valence-corrected chi connectivity index (χ3v) is 7.91. The number of hydrogen-bond donors (Lipinski definition) is 1. The number of allylic oxidation sites excluding steroid dienone is 2. The summed E-state index contributed by atoms with van der Waals surface area (Å²) in [6, 6.07) is 18.6. The zero-order valence-electron chi connectivity index (χ0n) is 21.2. The Balaban J connectivity index is 0.000000378. The fourth-order valence-electron chi connectivity index (χ4n) is 4.79. The van der Waals surface area contributed by atoms with Gasteiger partial charge in [-0.05, 0) is 77.6 Å². The fourth-order valence-corrected chi connectivity index (χ4v) is 6.01. The number of benzene rings is 2. The first-order chi connectivity index (χ1) is 16.0. The Morgan fingerprint density at radius 2 is 1.69 bits per heavy atom. The molecule has 1 aliphatic rings. The molecule has 0 saturated heterocycles. The second-order valence-corrected chi connectivity index (χ2v) is 11.5. The number of hydrogen-bond acceptors (Lipinski definition) is 4. The fraction of sp³-hybridized carbons (Fsp3) is 0.333. The van der Waals surface area contributed by atoms with Gasteiger partial charge >= 0.3 is 0 Å². The normalized spacial score (nSPS) is 16.1. The van der Waals surface area contributed by atoms with Gasteiger partial charge in [-0.1, -0.05) is 27.7 Å². The minimum Gasteiger partial charge on any atom is -0.512 e. The maximum atomic E-state index is 10.0. The molecule has 1 aliphatic carbocycles. The molecule has 0 spiro atoms. The van der Waals surface area contributed by atoms with E-state index in [1.54, 1.807) is 0 Å². The van der Waals surface area contributed by atoms with E-state index in [-0.39, 0.29) is 42.5 Å². The number of rotatable bonds is 2. The van der Waals surface area contributed by atoms with Crippen molar-refractivity contribution in [3.05, 3.63) is 77.7 Å². The van der Waals surface area contributed by atoms with Crippen molar-refractivity contribution < 1.29 is 30.0 Å². The molecule has 2 heterocycles. The Bertz CT molecular complexity index is 1400. The third kappa shape index (κ3) is 5.58. The van der Waals surface area contributed by atoms with Gasteiger partial charge in [0, 0.05) is 47.5 Å². The molecule has 2 aromatic heterocycles. The molecule has 0 saturated carbocycles. The summed E-state index contributed by atoms with van der Waals surface area (Å²) in [5.74, 6) is -0.0625. The number of nitrogens with zero attached hydrogens (tertiary/aromatic N) is 1. The van der Waals surface area contributed by atoms with Crippen LogP contribution in [0.5, 0.6) is 0 Å². The molecule has 5 heteroatoms. The molecule has 2 aromatic carbocycles. The first kappa shape index (κ1) is 27.3. The number of thiophene rings is 1. The Morgan fingerprint density at radius 3 is 2.23 bits per heavy atom. The topological polar surface area (TPSA) is 50.2 Å². The second kappa shape index (κ2) is 10.3. The van der Waals surface area contributed by atoms with Crippen molar-refractivity contribution in [3.8, 4) is 11.3 Å². The van der Waals surface area contributed by atoms with Gasteiger partial charge in [0.25, 0.3) is 0 Å². The number of ketones is 1. The van der Waals surface area contributed by atoms with E-state index >= 15 is 0 Å². The zero-order valence-corrected chi connectivity index (χ0v) is 24.4. The molecule has 0 unspecified atom stereocenters. The molecule has 0 atom stereocenters. The van der Waals surface area contributed by atoms with Crippen molar-refractivity contribution in [1.82, 2.24) is 4.98 Å². The standard InChI is InChI=1S/C25H24NS.C5H8O2.Ir/c1-24(2)11-12-25(3,4)20-15-21-18(14-19(20)24)17-10-13-26-22(23(17)27-21)16-8-6-5-7-9-16;1-4(6)3-5(2)7;/h5-8,10,13-15H,11-12H2,1-4H3;3,6H,1-2H3;/q-1;;/b;4-3-;. The molecule has 1 N–H and O–H groups in total. The molecule has 0 aliphatic heterocycles. The number of pyridine rings is 1. The molecule has 0 fully saturated rings. The molecule has 4 aromatic rings. The number of aliphatic hydroxyl groups excluding tert-OH is 1. The largest absolute Gasteiger partial charge is 0.512 e. The molecule has 5 rings (SSSR count). The first-order valence-corrected chi connectivity index (χ1v) is 12.5. The molecule has 0 bridgehead atoms. The number of aromatic nitrogens is 1. The van der Waals surface area contributed by atoms with E-state index in [0.717, 1.165) is 11.3 Å². The maximum absolute atomic E-state index is 10.0. The molecule has 185 valence electrons. The zero-order chi connectivity index (χ0) is 24.7. The summed E-state index contributed by atoms with van der Waals surface area (Å²) < 4.78 is 2.65. The van der Waals surface area contributed by atoms with E-state index in [0.29, 0.717) is 0 Å². The van der Waals surface area contributed by atoms with Crippen molar-refractivity contribution >= 4 is 37.3 Å². The van der Waals surface area contributed by atoms with E-state index in [2.05, 4.69) is 64.1 Å². The molecule has 0 amide bonds.